The van der Waals surface area contributed by atoms with Gasteiger partial charge in [0, 0.05) is 0 Å². The van der Waals surface area contributed by atoms with Gasteiger partial charge < -0.3 is 28.4 Å². The van der Waals surface area contributed by atoms with Crippen molar-refractivity contribution in [2.45, 2.75) is 0 Å². The van der Waals surface area contributed by atoms with Crippen LogP contribution in [0, 0.1) is 11.3 Å². The minimum Gasteiger partial charge on any atom is -0.494 e. The van der Waals surface area contributed by atoms with Gasteiger partial charge in [0.05, 0.1) is 42.7 Å². The predicted molar refractivity (Wildman–Crippen MR) is 105 cm³/mol. The molecule has 0 unspecified atom stereocenters. The van der Waals surface area contributed by atoms with Crippen LogP contribution in [0.1, 0.15) is 11.1 Å². The third-order valence-electron chi connectivity index (χ3n) is 4.13. The van der Waals surface area contributed by atoms with Crippen molar-refractivity contribution in [3.8, 4) is 34.8 Å². The molecular weight excluding hydrogens is 362 g/mol. The molecule has 0 aliphatic carbocycles. The van der Waals surface area contributed by atoms with Gasteiger partial charge >= 0.3 is 0 Å². The van der Waals surface area contributed by atoms with Crippen molar-refractivity contribution in [3.63, 3.8) is 0 Å². The Morgan fingerprint density at radius 2 is 1.11 bits per heavy atom. The van der Waals surface area contributed by atoms with Gasteiger partial charge in [-0.1, -0.05) is 30.3 Å². The largest absolute Gasteiger partial charge is 0.494 e. The zero-order valence-electron chi connectivity index (χ0n) is 16.8. The summed E-state index contributed by atoms with van der Waals surface area (Å²) >= 11 is 0. The Morgan fingerprint density at radius 3 is 1.46 bits per heavy atom. The Hall–Kier alpha value is -3.53. The number of hydrogen-bond donors (Lipinski definition) is 0. The minimum atomic E-state index is 0.252. The highest BCUT2D eigenvalue weighted by molar-refractivity contribution is 5.99. The molecule has 28 heavy (non-hydrogen) atoms. The first-order valence-electron chi connectivity index (χ1n) is 8.31. The Morgan fingerprint density at radius 1 is 0.679 bits per heavy atom. The molecule has 2 aromatic rings. The van der Waals surface area contributed by atoms with Crippen molar-refractivity contribution in [2.75, 3.05) is 42.7 Å². The van der Waals surface area contributed by atoms with Crippen LogP contribution in [0.5, 0.6) is 28.7 Å². The number of hydrogen-bond acceptors (Lipinski definition) is 7. The fourth-order valence-corrected chi connectivity index (χ4v) is 2.97. The van der Waals surface area contributed by atoms with E-state index in [1.807, 2.05) is 30.3 Å². The summed E-state index contributed by atoms with van der Waals surface area (Å²) in [5.74, 6) is 1.71. The van der Waals surface area contributed by atoms with Crippen LogP contribution in [0.15, 0.2) is 30.3 Å². The molecule has 0 radical (unpaired) electrons. The van der Waals surface area contributed by atoms with Crippen molar-refractivity contribution >= 4 is 11.3 Å². The lowest BCUT2D eigenvalue weighted by molar-refractivity contribution is 0.285. The normalized spacial score (nSPS) is 11.0. The average Bonchev–Trinajstić information content (AvgIpc) is 2.75. The van der Waals surface area contributed by atoms with E-state index < -0.39 is 0 Å². The van der Waals surface area contributed by atoms with Crippen LogP contribution in [0.3, 0.4) is 0 Å². The molecule has 2 aromatic carbocycles. The molecule has 0 bridgehead atoms. The van der Waals surface area contributed by atoms with Crippen LogP contribution in [0.25, 0.3) is 11.3 Å². The van der Waals surface area contributed by atoms with Gasteiger partial charge in [0.1, 0.15) is 17.2 Å². The van der Waals surface area contributed by atoms with E-state index >= 15 is 0 Å². The number of rotatable bonds is 8. The van der Waals surface area contributed by atoms with Crippen LogP contribution < -0.4 is 23.7 Å². The van der Waals surface area contributed by atoms with Crippen LogP contribution in [-0.4, -0.2) is 42.7 Å². The number of methoxy groups -OCH3 is 6. The molecule has 7 nitrogen and oxygen atoms in total. The van der Waals surface area contributed by atoms with E-state index in [4.69, 9.17) is 28.4 Å². The Bertz CT molecular complexity index is 866. The first-order valence-corrected chi connectivity index (χ1v) is 8.31. The van der Waals surface area contributed by atoms with E-state index in [0.29, 0.717) is 22.4 Å². The lowest BCUT2D eigenvalue weighted by Crippen LogP contribution is -2.06. The van der Waals surface area contributed by atoms with Crippen LogP contribution in [-0.2, 0) is 4.74 Å². The molecule has 7 heteroatoms. The summed E-state index contributed by atoms with van der Waals surface area (Å²) in [6.07, 6.45) is 0. The second-order valence-corrected chi connectivity index (χ2v) is 5.43. The number of benzene rings is 2. The molecular formula is C21H23NO6. The summed E-state index contributed by atoms with van der Waals surface area (Å²) in [6.45, 7) is 0. The SMILES string of the molecule is COC(=C(C#N)c1ccccc1)c1c(OC)c(OC)c(OC)c(OC)c1OC. The molecule has 0 saturated heterocycles. The zero-order chi connectivity index (χ0) is 20.7. The Balaban J connectivity index is 3.04. The quantitative estimate of drug-likeness (QED) is 0.389. The fraction of sp³-hybridized carbons (Fsp3) is 0.286. The molecule has 0 spiro atoms. The molecule has 0 saturated carbocycles. The first-order chi connectivity index (χ1) is 13.6. The van der Waals surface area contributed by atoms with Crippen molar-refractivity contribution in [1.82, 2.24) is 0 Å². The zero-order valence-corrected chi connectivity index (χ0v) is 16.8. The number of nitrogens with zero attached hydrogens (tertiary/aromatic N) is 1. The second-order valence-electron chi connectivity index (χ2n) is 5.43. The van der Waals surface area contributed by atoms with Gasteiger partial charge in [0.2, 0.25) is 17.2 Å². The fourth-order valence-electron chi connectivity index (χ4n) is 2.97. The average molecular weight is 385 g/mol. The summed E-state index contributed by atoms with van der Waals surface area (Å²) in [7, 11) is 8.88. The number of ether oxygens (including phenoxy) is 6. The van der Waals surface area contributed by atoms with Crippen molar-refractivity contribution in [3.05, 3.63) is 41.5 Å². The standard InChI is InChI=1S/C21H23NO6/c1-23-16(14(12-22)13-10-8-7-9-11-13)15-17(24-2)19(26-4)21(28-6)20(27-5)18(15)25-3/h7-11H,1-6H3. The van der Waals surface area contributed by atoms with E-state index in [0.717, 1.165) is 0 Å². The molecule has 0 amide bonds. The smallest absolute Gasteiger partial charge is 0.211 e. The molecule has 0 fully saturated rings. The molecule has 0 aliphatic rings. The number of nitriles is 1. The molecule has 0 aromatic heterocycles. The molecule has 2 rings (SSSR count). The molecule has 148 valence electrons. The summed E-state index contributed by atoms with van der Waals surface area (Å²) in [4.78, 5) is 0. The molecule has 0 atom stereocenters. The number of allylic oxidation sites excluding steroid dienone is 1. The topological polar surface area (TPSA) is 79.2 Å². The highest BCUT2D eigenvalue weighted by Crippen LogP contribution is 2.56. The van der Waals surface area contributed by atoms with Crippen molar-refractivity contribution < 1.29 is 28.4 Å². The maximum atomic E-state index is 9.87. The van der Waals surface area contributed by atoms with E-state index in [1.165, 1.54) is 42.7 Å². The van der Waals surface area contributed by atoms with Gasteiger partial charge in [0.15, 0.2) is 17.3 Å². The highest BCUT2D eigenvalue weighted by Gasteiger charge is 2.32. The maximum absolute atomic E-state index is 9.87. The Kier molecular flexibility index (Phi) is 6.99. The summed E-state index contributed by atoms with van der Waals surface area (Å²) in [5.41, 5.74) is 1.36. The van der Waals surface area contributed by atoms with Gasteiger partial charge in [-0.3, -0.25) is 0 Å². The summed E-state index contributed by atoms with van der Waals surface area (Å²) in [6, 6.07) is 11.4. The van der Waals surface area contributed by atoms with E-state index in [9.17, 15) is 5.26 Å². The van der Waals surface area contributed by atoms with Crippen LogP contribution in [0.2, 0.25) is 0 Å². The predicted octanol–water partition coefficient (Wildman–Crippen LogP) is 3.77. The molecule has 0 aliphatic heterocycles. The summed E-state index contributed by atoms with van der Waals surface area (Å²) in [5, 5.41) is 9.87. The van der Waals surface area contributed by atoms with Gasteiger partial charge in [-0.25, -0.2) is 0 Å². The maximum Gasteiger partial charge on any atom is 0.211 e. The van der Waals surface area contributed by atoms with Gasteiger partial charge in [-0.15, -0.1) is 0 Å². The van der Waals surface area contributed by atoms with Crippen molar-refractivity contribution in [2.24, 2.45) is 0 Å². The monoisotopic (exact) mass is 385 g/mol. The molecule has 0 heterocycles. The first kappa shape index (κ1) is 20.8. The van der Waals surface area contributed by atoms with Gasteiger partial charge in [-0.05, 0) is 5.56 Å². The summed E-state index contributed by atoms with van der Waals surface area (Å²) < 4.78 is 33.3. The molecule has 0 N–H and O–H groups in total. The van der Waals surface area contributed by atoms with E-state index in [-0.39, 0.29) is 28.8 Å². The van der Waals surface area contributed by atoms with E-state index in [1.54, 1.807) is 0 Å². The minimum absolute atomic E-state index is 0.252. The van der Waals surface area contributed by atoms with E-state index in [2.05, 4.69) is 6.07 Å². The Labute approximate surface area is 164 Å². The second kappa shape index (κ2) is 9.42. The third-order valence-corrected chi connectivity index (χ3v) is 4.13. The third kappa shape index (κ3) is 3.49. The van der Waals surface area contributed by atoms with Gasteiger partial charge in [-0.2, -0.15) is 5.26 Å². The van der Waals surface area contributed by atoms with Crippen LogP contribution >= 0.6 is 0 Å². The van der Waals surface area contributed by atoms with Crippen LogP contribution in [0.4, 0.5) is 0 Å². The highest BCUT2D eigenvalue weighted by atomic mass is 16.6. The lowest BCUT2D eigenvalue weighted by atomic mass is 9.99. The van der Waals surface area contributed by atoms with Crippen molar-refractivity contribution in [1.29, 1.82) is 5.26 Å². The lowest BCUT2D eigenvalue weighted by Gasteiger charge is -2.23. The van der Waals surface area contributed by atoms with Gasteiger partial charge in [0.25, 0.3) is 0 Å².